The van der Waals surface area contributed by atoms with Crippen molar-refractivity contribution in [2.45, 2.75) is 38.5 Å². The summed E-state index contributed by atoms with van der Waals surface area (Å²) in [6.07, 6.45) is 15.4. The van der Waals surface area contributed by atoms with Crippen molar-refractivity contribution in [1.82, 2.24) is 20.2 Å². The lowest BCUT2D eigenvalue weighted by atomic mass is 10.3. The zero-order valence-electron chi connectivity index (χ0n) is 22.0. The average Bonchev–Trinajstić information content (AvgIpc) is 3.54. The molecule has 15 heteroatoms. The van der Waals surface area contributed by atoms with E-state index in [0.29, 0.717) is 31.0 Å². The minimum Gasteiger partial charge on any atom is -0.355 e. The van der Waals surface area contributed by atoms with Crippen LogP contribution in [0.3, 0.4) is 0 Å². The first-order valence-electron chi connectivity index (χ1n) is 12.0. The highest BCUT2D eigenvalue weighted by atomic mass is 35.5. The highest BCUT2D eigenvalue weighted by molar-refractivity contribution is 6.13. The molecule has 14 nitrogen and oxygen atoms in total. The summed E-state index contributed by atoms with van der Waals surface area (Å²) in [7, 11) is 0. The molecule has 1 fully saturated rings. The topological polar surface area (TPSA) is 194 Å². The van der Waals surface area contributed by atoms with Crippen molar-refractivity contribution >= 4 is 59.7 Å². The number of imide groups is 3. The number of amides is 7. The van der Waals surface area contributed by atoms with Crippen LogP contribution in [-0.4, -0.2) is 88.4 Å². The van der Waals surface area contributed by atoms with Crippen molar-refractivity contribution in [3.05, 3.63) is 24.3 Å². The molecule has 3 rings (SSSR count). The second-order valence-corrected chi connectivity index (χ2v) is 7.91. The summed E-state index contributed by atoms with van der Waals surface area (Å²) in [5.74, 6) is 0.798. The smallest absolute Gasteiger partial charge is 0.335 e. The molecular formula is C26H30ClN5O9. The average molecular weight is 592 g/mol. The van der Waals surface area contributed by atoms with E-state index < -0.39 is 29.6 Å². The molecule has 0 atom stereocenters. The number of halogens is 1. The Morgan fingerprint density at radius 1 is 0.805 bits per heavy atom. The Balaban J connectivity index is 0.000000664. The van der Waals surface area contributed by atoms with Gasteiger partial charge in [-0.25, -0.2) is 4.79 Å². The van der Waals surface area contributed by atoms with Gasteiger partial charge in [0.2, 0.25) is 5.91 Å². The fourth-order valence-corrected chi connectivity index (χ4v) is 2.97. The molecule has 0 unspecified atom stereocenters. The van der Waals surface area contributed by atoms with E-state index in [1.165, 1.54) is 12.2 Å². The van der Waals surface area contributed by atoms with E-state index in [1.807, 2.05) is 0 Å². The lowest BCUT2D eigenvalue weighted by molar-refractivity contribution is -0.197. The number of nitrogens with one attached hydrogen (secondary N) is 1. The van der Waals surface area contributed by atoms with Crippen molar-refractivity contribution in [2.24, 2.45) is 5.73 Å². The number of nitrogens with zero attached hydrogens (tertiary/aromatic N) is 3. The molecule has 0 spiro atoms. The predicted octanol–water partition coefficient (Wildman–Crippen LogP) is -1.26. The molecule has 7 amide bonds. The van der Waals surface area contributed by atoms with Gasteiger partial charge in [-0.15, -0.1) is 42.2 Å². The van der Waals surface area contributed by atoms with E-state index in [-0.39, 0.29) is 68.9 Å². The minimum atomic E-state index is -0.851. The summed E-state index contributed by atoms with van der Waals surface area (Å²) >= 11 is 0. The molecule has 0 aromatic carbocycles. The highest BCUT2D eigenvalue weighted by Crippen LogP contribution is 2.13. The fraction of sp³-hybridized carbons (Fsp3) is 0.385. The highest BCUT2D eigenvalue weighted by Gasteiger charge is 2.33. The number of hydrogen-bond acceptors (Lipinski definition) is 10. The molecule has 0 bridgehead atoms. The molecule has 3 aliphatic heterocycles. The Hall–Kier alpha value is -4.79. The van der Waals surface area contributed by atoms with Gasteiger partial charge in [-0.05, 0) is 0 Å². The predicted molar refractivity (Wildman–Crippen MR) is 144 cm³/mol. The summed E-state index contributed by atoms with van der Waals surface area (Å²) in [6, 6.07) is 0. The lowest BCUT2D eigenvalue weighted by Crippen LogP contribution is -2.35. The third-order valence-corrected chi connectivity index (χ3v) is 4.98. The summed E-state index contributed by atoms with van der Waals surface area (Å²) in [6.45, 7) is 0.970. The van der Waals surface area contributed by atoms with E-state index in [0.717, 1.165) is 22.0 Å². The molecule has 0 aromatic heterocycles. The van der Waals surface area contributed by atoms with Crippen LogP contribution in [0.5, 0.6) is 0 Å². The third-order valence-electron chi connectivity index (χ3n) is 4.98. The monoisotopic (exact) mass is 591 g/mol. The zero-order chi connectivity index (χ0) is 30.1. The van der Waals surface area contributed by atoms with Gasteiger partial charge in [0.15, 0.2) is 0 Å². The first-order valence-corrected chi connectivity index (χ1v) is 12.0. The maximum atomic E-state index is 11.4. The summed E-state index contributed by atoms with van der Waals surface area (Å²) < 4.78 is 0. The molecular weight excluding hydrogens is 562 g/mol. The van der Waals surface area contributed by atoms with Crippen LogP contribution in [0.15, 0.2) is 24.3 Å². The number of rotatable bonds is 10. The maximum Gasteiger partial charge on any atom is 0.335 e. The van der Waals surface area contributed by atoms with Gasteiger partial charge in [-0.1, -0.05) is 0 Å². The van der Waals surface area contributed by atoms with Crippen LogP contribution >= 0.6 is 12.4 Å². The SMILES string of the molecule is C#CCCN.C#CCCNC(=O)CCN1C(=O)C=CC1=O.Cl.O=C(CCN1C(=O)C=CC1=O)ON1C(=O)CCC1=O. The molecule has 220 valence electrons. The lowest BCUT2D eigenvalue weighted by Gasteiger charge is -2.15. The van der Waals surface area contributed by atoms with Gasteiger partial charge >= 0.3 is 5.97 Å². The molecule has 0 saturated carbocycles. The first-order chi connectivity index (χ1) is 19.0. The van der Waals surface area contributed by atoms with Crippen molar-refractivity contribution in [2.75, 3.05) is 26.2 Å². The van der Waals surface area contributed by atoms with Gasteiger partial charge in [-0.2, -0.15) is 0 Å². The van der Waals surface area contributed by atoms with E-state index in [9.17, 15) is 38.4 Å². The Kier molecular flexibility index (Phi) is 17.0. The number of carbonyl (C=O) groups is 8. The van der Waals surface area contributed by atoms with Gasteiger partial charge < -0.3 is 15.9 Å². The van der Waals surface area contributed by atoms with Gasteiger partial charge in [0.05, 0.1) is 6.42 Å². The van der Waals surface area contributed by atoms with Crippen molar-refractivity contribution in [3.8, 4) is 24.7 Å². The van der Waals surface area contributed by atoms with Crippen LogP contribution in [-0.2, 0) is 43.2 Å². The Bertz CT molecular complexity index is 1130. The molecule has 3 N–H and O–H groups in total. The number of terminal acetylenes is 2. The van der Waals surface area contributed by atoms with E-state index >= 15 is 0 Å². The van der Waals surface area contributed by atoms with Crippen LogP contribution in [0.25, 0.3) is 0 Å². The van der Waals surface area contributed by atoms with Crippen molar-refractivity contribution in [3.63, 3.8) is 0 Å². The second kappa shape index (κ2) is 19.3. The molecule has 3 heterocycles. The van der Waals surface area contributed by atoms with E-state index in [1.54, 1.807) is 0 Å². The van der Waals surface area contributed by atoms with Gasteiger partial charge in [0, 0.05) is 82.6 Å². The van der Waals surface area contributed by atoms with Crippen LogP contribution < -0.4 is 11.1 Å². The third kappa shape index (κ3) is 12.7. The molecule has 3 aliphatic rings. The van der Waals surface area contributed by atoms with Crippen LogP contribution in [0.4, 0.5) is 0 Å². The van der Waals surface area contributed by atoms with E-state index in [2.05, 4.69) is 22.0 Å². The summed E-state index contributed by atoms with van der Waals surface area (Å²) in [4.78, 5) is 96.1. The summed E-state index contributed by atoms with van der Waals surface area (Å²) in [5.41, 5.74) is 5.00. The van der Waals surface area contributed by atoms with Crippen LogP contribution in [0, 0.1) is 24.7 Å². The fourth-order valence-electron chi connectivity index (χ4n) is 2.97. The Morgan fingerprint density at radius 2 is 1.24 bits per heavy atom. The zero-order valence-corrected chi connectivity index (χ0v) is 22.9. The van der Waals surface area contributed by atoms with Crippen molar-refractivity contribution in [1.29, 1.82) is 0 Å². The normalized spacial score (nSPS) is 15.0. The molecule has 41 heavy (non-hydrogen) atoms. The van der Waals surface area contributed by atoms with Crippen LogP contribution in [0.1, 0.15) is 38.5 Å². The Labute approximate surface area is 242 Å². The molecule has 0 radical (unpaired) electrons. The largest absolute Gasteiger partial charge is 0.355 e. The second-order valence-electron chi connectivity index (χ2n) is 7.91. The van der Waals surface area contributed by atoms with Gasteiger partial charge in [0.25, 0.3) is 35.4 Å². The maximum absolute atomic E-state index is 11.4. The van der Waals surface area contributed by atoms with Gasteiger partial charge in [-0.3, -0.25) is 43.4 Å². The molecule has 0 aliphatic carbocycles. The number of nitrogens with two attached hydrogens (primary N) is 1. The Morgan fingerprint density at radius 3 is 1.63 bits per heavy atom. The first kappa shape index (κ1) is 36.2. The summed E-state index contributed by atoms with van der Waals surface area (Å²) in [5, 5.41) is 3.01. The van der Waals surface area contributed by atoms with Crippen molar-refractivity contribution < 1.29 is 43.2 Å². The minimum absolute atomic E-state index is 0. The number of carbonyl (C=O) groups excluding carboxylic acids is 8. The number of hydroxylamine groups is 2. The van der Waals surface area contributed by atoms with E-state index in [4.69, 9.17) is 18.6 Å². The van der Waals surface area contributed by atoms with Crippen LogP contribution in [0.2, 0.25) is 0 Å². The van der Waals surface area contributed by atoms with Gasteiger partial charge in [0.1, 0.15) is 0 Å². The number of hydrogen-bond donors (Lipinski definition) is 2. The molecule has 1 saturated heterocycles. The molecule has 0 aromatic rings. The quantitative estimate of drug-likeness (QED) is 0.176. The standard InChI is InChI=1S/C11H10N2O6.C11H12N2O3.C4H7N.ClH/c14-7-1-2-8(15)12(7)6-5-11(18)19-13-9(16)3-4-10(13)17;1-2-3-7-12-9(14)6-8-13-10(15)4-5-11(13)16;1-2-3-4-5;/h1-2H,3-6H2;1,4-5H,3,6-8H2,(H,12,14);1H,3-5H2;1H.